The molecule has 0 saturated carbocycles. The largest absolute Gasteiger partial charge is 0.416 e. The maximum atomic E-state index is 12.0. The van der Waals surface area contributed by atoms with Crippen LogP contribution in [-0.2, 0) is 6.18 Å². The summed E-state index contributed by atoms with van der Waals surface area (Å²) in [5.74, 6) is 0. The molecule has 0 atom stereocenters. The minimum absolute atomic E-state index is 0.336. The van der Waals surface area contributed by atoms with Crippen molar-refractivity contribution in [3.05, 3.63) is 29.8 Å². The smallest absolute Gasteiger partial charge is 0.166 e. The van der Waals surface area contributed by atoms with Crippen molar-refractivity contribution in [3.8, 4) is 0 Å². The molecule has 1 rings (SSSR count). The van der Waals surface area contributed by atoms with Crippen LogP contribution in [0.2, 0.25) is 6.55 Å². The molecule has 0 spiro atoms. The van der Waals surface area contributed by atoms with Gasteiger partial charge in [-0.2, -0.15) is 13.2 Å². The minimum Gasteiger partial charge on any atom is -0.166 e. The van der Waals surface area contributed by atoms with E-state index in [2.05, 4.69) is 0 Å². The second-order valence-corrected chi connectivity index (χ2v) is 4.07. The molecule has 0 unspecified atom stereocenters. The van der Waals surface area contributed by atoms with Crippen LogP contribution in [0.4, 0.5) is 13.2 Å². The quantitative estimate of drug-likeness (QED) is 0.589. The number of benzene rings is 1. The molecular weight excluding hydrogens is 181 g/mol. The highest BCUT2D eigenvalue weighted by Gasteiger charge is 2.29. The molecule has 4 heteroatoms. The van der Waals surface area contributed by atoms with Gasteiger partial charge >= 0.3 is 6.18 Å². The molecule has 0 amide bonds. The number of hydrogen-bond donors (Lipinski definition) is 0. The lowest BCUT2D eigenvalue weighted by atomic mass is 10.2. The summed E-state index contributed by atoms with van der Waals surface area (Å²) in [5.41, 5.74) is -0.561. The first-order valence-electron chi connectivity index (χ1n) is 3.70. The van der Waals surface area contributed by atoms with E-state index >= 15 is 0 Å². The summed E-state index contributed by atoms with van der Waals surface area (Å²) < 4.78 is 36.1. The van der Waals surface area contributed by atoms with Gasteiger partial charge in [0.1, 0.15) is 0 Å². The van der Waals surface area contributed by atoms with Crippen LogP contribution in [0.1, 0.15) is 5.56 Å². The monoisotopic (exact) mass is 190 g/mol. The van der Waals surface area contributed by atoms with Crippen molar-refractivity contribution in [2.45, 2.75) is 12.7 Å². The van der Waals surface area contributed by atoms with Gasteiger partial charge in [-0.25, -0.2) is 0 Å². The van der Waals surface area contributed by atoms with Gasteiger partial charge in [-0.15, -0.1) is 0 Å². The first-order valence-corrected chi connectivity index (χ1v) is 5.82. The lowest BCUT2D eigenvalue weighted by Gasteiger charge is -2.06. The molecular formula is C8H9F3Si. The van der Waals surface area contributed by atoms with Crippen LogP contribution in [0, 0.1) is 0 Å². The first-order chi connectivity index (χ1) is 5.54. The predicted octanol–water partition coefficient (Wildman–Crippen LogP) is 1.55. The van der Waals surface area contributed by atoms with Crippen LogP contribution < -0.4 is 5.19 Å². The van der Waals surface area contributed by atoms with E-state index in [0.717, 1.165) is 17.3 Å². The van der Waals surface area contributed by atoms with Crippen molar-refractivity contribution in [3.63, 3.8) is 0 Å². The van der Waals surface area contributed by atoms with Crippen LogP contribution in [0.25, 0.3) is 0 Å². The zero-order valence-electron chi connectivity index (χ0n) is 6.65. The second-order valence-electron chi connectivity index (χ2n) is 2.55. The summed E-state index contributed by atoms with van der Waals surface area (Å²) in [6.07, 6.45) is -4.20. The molecule has 12 heavy (non-hydrogen) atoms. The van der Waals surface area contributed by atoms with Crippen molar-refractivity contribution >= 4 is 14.7 Å². The average molecular weight is 190 g/mol. The van der Waals surface area contributed by atoms with Gasteiger partial charge in [0.25, 0.3) is 0 Å². The molecule has 0 aliphatic carbocycles. The predicted molar refractivity (Wildman–Crippen MR) is 45.5 cm³/mol. The molecule has 0 bridgehead atoms. The van der Waals surface area contributed by atoms with E-state index in [4.69, 9.17) is 0 Å². The van der Waals surface area contributed by atoms with E-state index in [1.165, 1.54) is 0 Å². The Labute approximate surface area is 71.2 Å². The summed E-state index contributed by atoms with van der Waals surface area (Å²) in [6, 6.07) is 5.42. The number of alkyl halides is 3. The molecule has 0 radical (unpaired) electrons. The van der Waals surface area contributed by atoms with Crippen LogP contribution >= 0.6 is 0 Å². The molecule has 1 aromatic carbocycles. The van der Waals surface area contributed by atoms with Gasteiger partial charge in [-0.1, -0.05) is 36.0 Å². The topological polar surface area (TPSA) is 0 Å². The molecule has 0 heterocycles. The Morgan fingerprint density at radius 2 is 1.58 bits per heavy atom. The third kappa shape index (κ3) is 2.10. The first kappa shape index (κ1) is 9.32. The van der Waals surface area contributed by atoms with Crippen molar-refractivity contribution in [1.82, 2.24) is 0 Å². The summed E-state index contributed by atoms with van der Waals surface area (Å²) >= 11 is 0. The van der Waals surface area contributed by atoms with Crippen molar-refractivity contribution in [2.75, 3.05) is 0 Å². The van der Waals surface area contributed by atoms with E-state index in [-0.39, 0.29) is 9.52 Å². The lowest BCUT2D eigenvalue weighted by molar-refractivity contribution is -0.137. The van der Waals surface area contributed by atoms with Gasteiger partial charge in [0.05, 0.1) is 15.1 Å². The SMILES string of the molecule is C[SiH2]c1ccc(C(F)(F)F)cc1. The van der Waals surface area contributed by atoms with Crippen molar-refractivity contribution in [2.24, 2.45) is 0 Å². The fourth-order valence-electron chi connectivity index (χ4n) is 0.929. The van der Waals surface area contributed by atoms with E-state index in [1.807, 2.05) is 6.55 Å². The van der Waals surface area contributed by atoms with E-state index in [1.54, 1.807) is 12.1 Å². The Balaban J connectivity index is 2.93. The Kier molecular flexibility index (Phi) is 2.57. The standard InChI is InChI=1S/C8H9F3Si/c1-12-7-4-2-6(3-5-7)8(9,10)11/h2-5H,12H2,1H3. The fraction of sp³-hybridized carbons (Fsp3) is 0.250. The highest BCUT2D eigenvalue weighted by atomic mass is 28.2. The molecule has 0 nitrogen and oxygen atoms in total. The zero-order valence-corrected chi connectivity index (χ0v) is 8.06. The third-order valence-corrected chi connectivity index (χ3v) is 2.98. The minimum atomic E-state index is -4.20. The van der Waals surface area contributed by atoms with E-state index in [9.17, 15) is 13.2 Å². The molecule has 0 aliphatic heterocycles. The Bertz CT molecular complexity index is 250. The maximum Gasteiger partial charge on any atom is 0.416 e. The molecule has 0 saturated heterocycles. The average Bonchev–Trinajstić information content (AvgIpc) is 2.03. The van der Waals surface area contributed by atoms with Crippen molar-refractivity contribution < 1.29 is 13.2 Å². The second kappa shape index (κ2) is 3.31. The van der Waals surface area contributed by atoms with Crippen LogP contribution in [0.15, 0.2) is 24.3 Å². The molecule has 66 valence electrons. The Morgan fingerprint density at radius 1 is 1.08 bits per heavy atom. The van der Waals surface area contributed by atoms with Gasteiger partial charge in [-0.3, -0.25) is 0 Å². The molecule has 0 aromatic heterocycles. The van der Waals surface area contributed by atoms with Gasteiger partial charge in [-0.05, 0) is 0 Å². The molecule has 1 aromatic rings. The van der Waals surface area contributed by atoms with Gasteiger partial charge in [0, 0.05) is 0 Å². The third-order valence-electron chi connectivity index (χ3n) is 1.69. The van der Waals surface area contributed by atoms with Crippen LogP contribution in [0.3, 0.4) is 0 Å². The van der Waals surface area contributed by atoms with Gasteiger partial charge in [0.15, 0.2) is 0 Å². The summed E-state index contributed by atoms with van der Waals surface area (Å²) in [4.78, 5) is 0. The molecule has 0 aliphatic rings. The van der Waals surface area contributed by atoms with Crippen molar-refractivity contribution in [1.29, 1.82) is 0 Å². The Morgan fingerprint density at radius 3 is 1.92 bits per heavy atom. The molecule has 0 N–H and O–H groups in total. The fourth-order valence-corrected chi connectivity index (χ4v) is 1.64. The number of hydrogen-bond acceptors (Lipinski definition) is 0. The van der Waals surface area contributed by atoms with Gasteiger partial charge in [0.2, 0.25) is 0 Å². The lowest BCUT2D eigenvalue weighted by Crippen LogP contribution is -2.12. The number of rotatable bonds is 1. The number of halogens is 3. The zero-order chi connectivity index (χ0) is 9.19. The molecule has 0 fully saturated rings. The van der Waals surface area contributed by atoms with Crippen LogP contribution in [-0.4, -0.2) is 9.52 Å². The summed E-state index contributed by atoms with van der Waals surface area (Å²) in [5, 5.41) is 1.06. The van der Waals surface area contributed by atoms with Crippen LogP contribution in [0.5, 0.6) is 0 Å². The van der Waals surface area contributed by atoms with Gasteiger partial charge < -0.3 is 0 Å². The summed E-state index contributed by atoms with van der Waals surface area (Å²) in [6.45, 7) is 2.04. The van der Waals surface area contributed by atoms with E-state index < -0.39 is 11.7 Å². The Hall–Kier alpha value is -0.773. The van der Waals surface area contributed by atoms with E-state index in [0.29, 0.717) is 0 Å². The normalized spacial score (nSPS) is 12.7. The summed E-state index contributed by atoms with van der Waals surface area (Å²) in [7, 11) is -0.336. The maximum absolute atomic E-state index is 12.0. The highest BCUT2D eigenvalue weighted by molar-refractivity contribution is 6.51. The highest BCUT2D eigenvalue weighted by Crippen LogP contribution is 2.28.